The molecule has 152 valence electrons. The van der Waals surface area contributed by atoms with E-state index in [1.54, 1.807) is 0 Å². The summed E-state index contributed by atoms with van der Waals surface area (Å²) in [5, 5.41) is 8.28. The van der Waals surface area contributed by atoms with Crippen LogP contribution in [-0.4, -0.2) is 10.2 Å². The highest BCUT2D eigenvalue weighted by Crippen LogP contribution is 2.26. The third-order valence-electron chi connectivity index (χ3n) is 3.68. The molecule has 4 aromatic rings. The van der Waals surface area contributed by atoms with Crippen molar-refractivity contribution in [3.8, 4) is 34.0 Å². The average Bonchev–Trinajstić information content (AvgIpc) is 3.35. The minimum atomic E-state index is 0.531. The molecule has 0 radical (unpaired) electrons. The van der Waals surface area contributed by atoms with E-state index in [1.165, 1.54) is 5.56 Å². The van der Waals surface area contributed by atoms with E-state index < -0.39 is 0 Å². The zero-order valence-electron chi connectivity index (χ0n) is 18.4. The number of hydrogen-bond donors (Lipinski definition) is 0. The van der Waals surface area contributed by atoms with Crippen LogP contribution in [-0.2, 0) is 0 Å². The van der Waals surface area contributed by atoms with E-state index in [0.29, 0.717) is 11.8 Å². The van der Waals surface area contributed by atoms with Gasteiger partial charge in [-0.05, 0) is 35.4 Å². The lowest BCUT2D eigenvalue weighted by molar-refractivity contribution is 0.584. The zero-order chi connectivity index (χ0) is 21.5. The highest BCUT2D eigenvalue weighted by Gasteiger charge is 2.10. The molecule has 0 aliphatic heterocycles. The Bertz CT molecular complexity index is 898. The molecule has 0 saturated carbocycles. The molecule has 0 N–H and O–H groups in total. The number of nitrogens with zero attached hydrogens (tertiary/aromatic N) is 2. The summed E-state index contributed by atoms with van der Waals surface area (Å²) < 4.78 is 5.78. The molecule has 0 spiro atoms. The zero-order valence-corrected chi connectivity index (χ0v) is 18.4. The molecule has 1 heterocycles. The van der Waals surface area contributed by atoms with Gasteiger partial charge in [-0.15, -0.1) is 10.2 Å². The predicted octanol–water partition coefficient (Wildman–Crippen LogP) is 8.15. The van der Waals surface area contributed by atoms with E-state index in [1.807, 2.05) is 102 Å². The summed E-state index contributed by atoms with van der Waals surface area (Å²) in [6.45, 7) is 12.0. The van der Waals surface area contributed by atoms with Gasteiger partial charge in [-0.2, -0.15) is 0 Å². The molecule has 0 saturated heterocycles. The van der Waals surface area contributed by atoms with Gasteiger partial charge in [0, 0.05) is 11.1 Å². The van der Waals surface area contributed by atoms with Crippen molar-refractivity contribution in [2.75, 3.05) is 0 Å². The van der Waals surface area contributed by atoms with Crippen molar-refractivity contribution in [3.63, 3.8) is 0 Å². The Morgan fingerprint density at radius 1 is 0.414 bits per heavy atom. The molecule has 3 heteroatoms. The molecule has 0 atom stereocenters. The van der Waals surface area contributed by atoms with Crippen LogP contribution >= 0.6 is 0 Å². The second-order valence-electron chi connectivity index (χ2n) is 5.22. The standard InChI is InChI=1S/C20H14N2O.3C2H6/c1-3-7-15(8-4-1)16-11-13-18(14-12-16)20-22-21-19(23-20)17-9-5-2-6-10-17;3*1-2/h1-14H;3*1-2H3. The van der Waals surface area contributed by atoms with Crippen LogP contribution in [0.2, 0.25) is 0 Å². The average molecular weight is 389 g/mol. The third-order valence-corrected chi connectivity index (χ3v) is 3.68. The topological polar surface area (TPSA) is 38.9 Å². The normalized spacial score (nSPS) is 9.03. The van der Waals surface area contributed by atoms with Gasteiger partial charge in [0.05, 0.1) is 0 Å². The van der Waals surface area contributed by atoms with E-state index in [0.717, 1.165) is 16.7 Å². The maximum absolute atomic E-state index is 5.78. The van der Waals surface area contributed by atoms with Gasteiger partial charge in [0.15, 0.2) is 0 Å². The molecule has 3 aromatic carbocycles. The van der Waals surface area contributed by atoms with Gasteiger partial charge >= 0.3 is 0 Å². The van der Waals surface area contributed by atoms with E-state index in [2.05, 4.69) is 34.5 Å². The number of rotatable bonds is 3. The molecule has 29 heavy (non-hydrogen) atoms. The van der Waals surface area contributed by atoms with Crippen LogP contribution in [0.5, 0.6) is 0 Å². The fraction of sp³-hybridized carbons (Fsp3) is 0.231. The van der Waals surface area contributed by atoms with Crippen molar-refractivity contribution in [1.82, 2.24) is 10.2 Å². The lowest BCUT2D eigenvalue weighted by Gasteiger charge is -2.02. The number of hydrogen-bond acceptors (Lipinski definition) is 3. The van der Waals surface area contributed by atoms with Gasteiger partial charge in [0.2, 0.25) is 11.8 Å². The van der Waals surface area contributed by atoms with Crippen molar-refractivity contribution in [2.24, 2.45) is 0 Å². The van der Waals surface area contributed by atoms with Crippen LogP contribution in [0.25, 0.3) is 34.0 Å². The van der Waals surface area contributed by atoms with Gasteiger partial charge in [0.25, 0.3) is 0 Å². The highest BCUT2D eigenvalue weighted by molar-refractivity contribution is 5.67. The van der Waals surface area contributed by atoms with Gasteiger partial charge in [-0.25, -0.2) is 0 Å². The predicted molar refractivity (Wildman–Crippen MR) is 125 cm³/mol. The van der Waals surface area contributed by atoms with E-state index in [-0.39, 0.29) is 0 Å². The molecule has 0 bridgehead atoms. The first-order chi connectivity index (χ1) is 14.4. The Hall–Kier alpha value is -3.20. The van der Waals surface area contributed by atoms with Crippen LogP contribution in [0.1, 0.15) is 41.5 Å². The molecule has 3 nitrogen and oxygen atoms in total. The lowest BCUT2D eigenvalue weighted by Crippen LogP contribution is -1.80. The van der Waals surface area contributed by atoms with Crippen LogP contribution in [0.3, 0.4) is 0 Å². The largest absolute Gasteiger partial charge is 0.416 e. The first kappa shape index (κ1) is 23.8. The minimum absolute atomic E-state index is 0.531. The maximum Gasteiger partial charge on any atom is 0.248 e. The fourth-order valence-electron chi connectivity index (χ4n) is 2.47. The molecule has 4 rings (SSSR count). The first-order valence-corrected chi connectivity index (χ1v) is 10.4. The Morgan fingerprint density at radius 3 is 1.17 bits per heavy atom. The quantitative estimate of drug-likeness (QED) is 0.355. The molecule has 0 aliphatic carbocycles. The van der Waals surface area contributed by atoms with Gasteiger partial charge in [-0.1, -0.05) is 102 Å². The van der Waals surface area contributed by atoms with Crippen LogP contribution in [0.4, 0.5) is 0 Å². The minimum Gasteiger partial charge on any atom is -0.416 e. The van der Waals surface area contributed by atoms with E-state index in [9.17, 15) is 0 Å². The van der Waals surface area contributed by atoms with Gasteiger partial charge < -0.3 is 4.42 Å². The number of benzene rings is 3. The van der Waals surface area contributed by atoms with Crippen molar-refractivity contribution in [2.45, 2.75) is 41.5 Å². The molecule has 1 aromatic heterocycles. The number of aromatic nitrogens is 2. The summed E-state index contributed by atoms with van der Waals surface area (Å²) in [6, 6.07) is 28.2. The monoisotopic (exact) mass is 388 g/mol. The smallest absolute Gasteiger partial charge is 0.248 e. The van der Waals surface area contributed by atoms with E-state index >= 15 is 0 Å². The highest BCUT2D eigenvalue weighted by atomic mass is 16.4. The van der Waals surface area contributed by atoms with Crippen LogP contribution < -0.4 is 0 Å². The summed E-state index contributed by atoms with van der Waals surface area (Å²) in [4.78, 5) is 0. The van der Waals surface area contributed by atoms with Crippen molar-refractivity contribution in [3.05, 3.63) is 84.9 Å². The molecule has 0 amide bonds. The summed E-state index contributed by atoms with van der Waals surface area (Å²) in [6.07, 6.45) is 0. The van der Waals surface area contributed by atoms with Crippen LogP contribution in [0, 0.1) is 0 Å². The SMILES string of the molecule is CC.CC.CC.c1ccc(-c2ccc(-c3nnc(-c4ccccc4)o3)cc2)cc1. The molecular weight excluding hydrogens is 356 g/mol. The molecule has 0 fully saturated rings. The molecule has 0 unspecified atom stereocenters. The van der Waals surface area contributed by atoms with Crippen molar-refractivity contribution >= 4 is 0 Å². The second-order valence-corrected chi connectivity index (χ2v) is 5.22. The second kappa shape index (κ2) is 13.9. The Labute approximate surface area is 175 Å². The summed E-state index contributed by atoms with van der Waals surface area (Å²) in [7, 11) is 0. The third kappa shape index (κ3) is 6.72. The summed E-state index contributed by atoms with van der Waals surface area (Å²) in [5.74, 6) is 1.07. The maximum atomic E-state index is 5.78. The fourth-order valence-corrected chi connectivity index (χ4v) is 2.47. The van der Waals surface area contributed by atoms with Crippen LogP contribution in [0.15, 0.2) is 89.3 Å². The first-order valence-electron chi connectivity index (χ1n) is 10.4. The lowest BCUT2D eigenvalue weighted by atomic mass is 10.0. The van der Waals surface area contributed by atoms with Crippen molar-refractivity contribution in [1.29, 1.82) is 0 Å². The van der Waals surface area contributed by atoms with Gasteiger partial charge in [0.1, 0.15) is 0 Å². The Kier molecular flexibility index (Phi) is 11.4. The Balaban J connectivity index is 0.000000644. The molecular formula is C26H32N2O. The molecule has 0 aliphatic rings. The summed E-state index contributed by atoms with van der Waals surface area (Å²) >= 11 is 0. The summed E-state index contributed by atoms with van der Waals surface area (Å²) in [5.41, 5.74) is 4.19. The van der Waals surface area contributed by atoms with E-state index in [4.69, 9.17) is 4.42 Å². The van der Waals surface area contributed by atoms with Crippen molar-refractivity contribution < 1.29 is 4.42 Å². The Morgan fingerprint density at radius 2 is 0.724 bits per heavy atom. The van der Waals surface area contributed by atoms with Gasteiger partial charge in [-0.3, -0.25) is 0 Å².